The van der Waals surface area contributed by atoms with Crippen LogP contribution < -0.4 is 0 Å². The second-order valence-corrected chi connectivity index (χ2v) is 3.17. The summed E-state index contributed by atoms with van der Waals surface area (Å²) < 4.78 is 0. The molecule has 0 aromatic heterocycles. The normalized spacial score (nSPS) is 10.5. The van der Waals surface area contributed by atoms with E-state index in [1.807, 2.05) is 43.3 Å². The first kappa shape index (κ1) is 9.08. The fourth-order valence-electron chi connectivity index (χ4n) is 0.849. The molecule has 0 amide bonds. The average Bonchev–Trinajstić information content (AvgIpc) is 2.01. The Morgan fingerprint density at radius 2 is 2.25 bits per heavy atom. The van der Waals surface area contributed by atoms with Crippen molar-refractivity contribution in [3.63, 3.8) is 0 Å². The first-order valence-electron chi connectivity index (χ1n) is 3.77. The van der Waals surface area contributed by atoms with Crippen molar-refractivity contribution < 1.29 is 0 Å². The summed E-state index contributed by atoms with van der Waals surface area (Å²) in [7, 11) is 0. The summed E-state index contributed by atoms with van der Waals surface area (Å²) >= 11 is 5.80. The largest absolute Gasteiger partial charge is 0.0961 e. The maximum Gasteiger partial charge on any atom is 0.0411 e. The zero-order valence-corrected chi connectivity index (χ0v) is 7.81. The number of halogens is 1. The molecule has 0 bridgehead atoms. The molecular formula is C11H11Cl. The van der Waals surface area contributed by atoms with Gasteiger partial charge in [0.05, 0.1) is 0 Å². The lowest BCUT2D eigenvalue weighted by atomic mass is 10.2. The molecule has 0 heterocycles. The van der Waals surface area contributed by atoms with Crippen molar-refractivity contribution in [1.82, 2.24) is 0 Å². The number of hydrogen-bond donors (Lipinski definition) is 0. The van der Waals surface area contributed by atoms with Crippen molar-refractivity contribution >= 4 is 17.7 Å². The summed E-state index contributed by atoms with van der Waals surface area (Å²) in [5.41, 5.74) is 2.14. The topological polar surface area (TPSA) is 0 Å². The van der Waals surface area contributed by atoms with Crippen LogP contribution >= 0.6 is 11.6 Å². The van der Waals surface area contributed by atoms with Gasteiger partial charge >= 0.3 is 0 Å². The SMILES string of the molecule is C=C(C)/C=C/c1cccc(Cl)c1. The zero-order valence-electron chi connectivity index (χ0n) is 7.05. The lowest BCUT2D eigenvalue weighted by Gasteiger charge is -1.93. The van der Waals surface area contributed by atoms with E-state index in [-0.39, 0.29) is 0 Å². The van der Waals surface area contributed by atoms with Gasteiger partial charge in [0, 0.05) is 5.02 Å². The highest BCUT2D eigenvalue weighted by Crippen LogP contribution is 2.12. The van der Waals surface area contributed by atoms with Crippen molar-refractivity contribution in [1.29, 1.82) is 0 Å². The van der Waals surface area contributed by atoms with Crippen molar-refractivity contribution in [2.24, 2.45) is 0 Å². The molecule has 0 aliphatic rings. The van der Waals surface area contributed by atoms with Gasteiger partial charge in [-0.15, -0.1) is 0 Å². The van der Waals surface area contributed by atoms with E-state index in [0.29, 0.717) is 0 Å². The molecule has 1 heteroatoms. The van der Waals surface area contributed by atoms with Crippen molar-refractivity contribution in [2.75, 3.05) is 0 Å². The van der Waals surface area contributed by atoms with Gasteiger partial charge in [-0.1, -0.05) is 48.0 Å². The van der Waals surface area contributed by atoms with Crippen LogP contribution in [-0.2, 0) is 0 Å². The highest BCUT2D eigenvalue weighted by atomic mass is 35.5. The predicted octanol–water partition coefficient (Wildman–Crippen LogP) is 3.93. The molecule has 1 rings (SSSR count). The maximum absolute atomic E-state index is 5.80. The molecule has 0 nitrogen and oxygen atoms in total. The van der Waals surface area contributed by atoms with E-state index in [9.17, 15) is 0 Å². The lowest BCUT2D eigenvalue weighted by molar-refractivity contribution is 1.57. The molecule has 12 heavy (non-hydrogen) atoms. The van der Waals surface area contributed by atoms with Crippen LogP contribution in [-0.4, -0.2) is 0 Å². The van der Waals surface area contributed by atoms with Crippen molar-refractivity contribution in [2.45, 2.75) is 6.92 Å². The van der Waals surface area contributed by atoms with Gasteiger partial charge < -0.3 is 0 Å². The third-order valence-electron chi connectivity index (χ3n) is 1.41. The Hall–Kier alpha value is -1.01. The summed E-state index contributed by atoms with van der Waals surface area (Å²) in [5, 5.41) is 0.763. The van der Waals surface area contributed by atoms with Gasteiger partial charge in [0.1, 0.15) is 0 Å². The Morgan fingerprint density at radius 1 is 1.50 bits per heavy atom. The van der Waals surface area contributed by atoms with Crippen LogP contribution in [0.4, 0.5) is 0 Å². The van der Waals surface area contributed by atoms with Crippen molar-refractivity contribution in [3.05, 3.63) is 53.1 Å². The molecule has 0 saturated heterocycles. The number of allylic oxidation sites excluding steroid dienone is 2. The van der Waals surface area contributed by atoms with Gasteiger partial charge in [-0.25, -0.2) is 0 Å². The monoisotopic (exact) mass is 178 g/mol. The fourth-order valence-corrected chi connectivity index (χ4v) is 1.05. The second-order valence-electron chi connectivity index (χ2n) is 2.73. The van der Waals surface area contributed by atoms with Crippen LogP contribution in [0.1, 0.15) is 12.5 Å². The van der Waals surface area contributed by atoms with Crippen LogP contribution in [0.3, 0.4) is 0 Å². The molecule has 0 saturated carbocycles. The van der Waals surface area contributed by atoms with Gasteiger partial charge in [-0.05, 0) is 24.6 Å². The Kier molecular flexibility index (Phi) is 3.12. The Bertz CT molecular complexity index is 311. The van der Waals surface area contributed by atoms with Gasteiger partial charge in [0.15, 0.2) is 0 Å². The second kappa shape index (κ2) is 4.13. The van der Waals surface area contributed by atoms with E-state index in [1.54, 1.807) is 0 Å². The first-order valence-corrected chi connectivity index (χ1v) is 4.15. The van der Waals surface area contributed by atoms with Crippen LogP contribution in [0.15, 0.2) is 42.5 Å². The summed E-state index contributed by atoms with van der Waals surface area (Å²) in [6, 6.07) is 7.71. The molecule has 0 aliphatic carbocycles. The van der Waals surface area contributed by atoms with Crippen LogP contribution in [0.25, 0.3) is 6.08 Å². The molecule has 1 aromatic carbocycles. The van der Waals surface area contributed by atoms with Gasteiger partial charge in [-0.2, -0.15) is 0 Å². The van der Waals surface area contributed by atoms with E-state index in [4.69, 9.17) is 11.6 Å². The minimum absolute atomic E-state index is 0.763. The van der Waals surface area contributed by atoms with Gasteiger partial charge in [0.2, 0.25) is 0 Å². The Balaban J connectivity index is 2.83. The minimum atomic E-state index is 0.763. The third kappa shape index (κ3) is 2.93. The lowest BCUT2D eigenvalue weighted by Crippen LogP contribution is -1.70. The van der Waals surface area contributed by atoms with E-state index in [1.165, 1.54) is 0 Å². The molecule has 62 valence electrons. The van der Waals surface area contributed by atoms with E-state index in [0.717, 1.165) is 16.2 Å². The van der Waals surface area contributed by atoms with Crippen LogP contribution in [0.2, 0.25) is 5.02 Å². The molecule has 0 radical (unpaired) electrons. The smallest absolute Gasteiger partial charge is 0.0411 e. The molecule has 1 aromatic rings. The van der Waals surface area contributed by atoms with Crippen LogP contribution in [0, 0.1) is 0 Å². The third-order valence-corrected chi connectivity index (χ3v) is 1.64. The van der Waals surface area contributed by atoms with E-state index < -0.39 is 0 Å². The Labute approximate surface area is 78.2 Å². The zero-order chi connectivity index (χ0) is 8.97. The summed E-state index contributed by atoms with van der Waals surface area (Å²) in [4.78, 5) is 0. The molecule has 0 unspecified atom stereocenters. The van der Waals surface area contributed by atoms with E-state index >= 15 is 0 Å². The fraction of sp³-hybridized carbons (Fsp3) is 0.0909. The van der Waals surface area contributed by atoms with Crippen molar-refractivity contribution in [3.8, 4) is 0 Å². The summed E-state index contributed by atoms with van der Waals surface area (Å²) in [6.45, 7) is 5.73. The van der Waals surface area contributed by atoms with Gasteiger partial charge in [0.25, 0.3) is 0 Å². The molecular weight excluding hydrogens is 168 g/mol. The maximum atomic E-state index is 5.80. The summed E-state index contributed by atoms with van der Waals surface area (Å²) in [6.07, 6.45) is 3.96. The minimum Gasteiger partial charge on any atom is -0.0961 e. The molecule has 0 atom stereocenters. The molecule has 0 aliphatic heterocycles. The van der Waals surface area contributed by atoms with Crippen LogP contribution in [0.5, 0.6) is 0 Å². The Morgan fingerprint density at radius 3 is 2.83 bits per heavy atom. The average molecular weight is 179 g/mol. The van der Waals surface area contributed by atoms with Gasteiger partial charge in [-0.3, -0.25) is 0 Å². The van der Waals surface area contributed by atoms with E-state index in [2.05, 4.69) is 6.58 Å². The quantitative estimate of drug-likeness (QED) is 0.602. The molecule has 0 N–H and O–H groups in total. The number of rotatable bonds is 2. The standard InChI is InChI=1S/C11H11Cl/c1-9(2)6-7-10-4-3-5-11(12)8-10/h3-8H,1H2,2H3/b7-6+. The number of benzene rings is 1. The molecule has 0 fully saturated rings. The number of hydrogen-bond acceptors (Lipinski definition) is 0. The highest BCUT2D eigenvalue weighted by Gasteiger charge is 1.87. The summed E-state index contributed by atoms with van der Waals surface area (Å²) in [5.74, 6) is 0. The first-order chi connectivity index (χ1) is 5.68. The molecule has 0 spiro atoms. The highest BCUT2D eigenvalue weighted by molar-refractivity contribution is 6.30. The predicted molar refractivity (Wildman–Crippen MR) is 55.3 cm³/mol.